The Morgan fingerprint density at radius 1 is 1.27 bits per heavy atom. The van der Waals surface area contributed by atoms with Gasteiger partial charge in [-0.05, 0) is 5.56 Å². The largest absolute Gasteiger partial charge is 0.388 e. The average molecular weight is 202 g/mol. The van der Waals surface area contributed by atoms with Gasteiger partial charge in [0.05, 0.1) is 6.10 Å². The van der Waals surface area contributed by atoms with Crippen molar-refractivity contribution in [1.82, 2.24) is 0 Å². The van der Waals surface area contributed by atoms with Crippen LogP contribution < -0.4 is 0 Å². The summed E-state index contributed by atoms with van der Waals surface area (Å²) in [5, 5.41) is 9.88. The van der Waals surface area contributed by atoms with E-state index >= 15 is 0 Å². The Hall–Kier alpha value is -1.34. The first-order valence-electron chi connectivity index (χ1n) is 5.11. The fraction of sp³-hybridized carbons (Fsp3) is 0.286. The Bertz CT molecular complexity index is 336. The quantitative estimate of drug-likeness (QED) is 0.743. The van der Waals surface area contributed by atoms with Gasteiger partial charge in [0.25, 0.3) is 0 Å². The summed E-state index contributed by atoms with van der Waals surface area (Å²) in [5.74, 6) is 0. The summed E-state index contributed by atoms with van der Waals surface area (Å²) in [6.07, 6.45) is 5.00. The van der Waals surface area contributed by atoms with Crippen LogP contribution in [0.2, 0.25) is 0 Å². The molecule has 1 atom stereocenters. The molecule has 0 amide bonds. The van der Waals surface area contributed by atoms with E-state index in [2.05, 4.69) is 6.58 Å². The van der Waals surface area contributed by atoms with Crippen molar-refractivity contribution >= 4 is 6.08 Å². The Balaban J connectivity index is 2.70. The number of rotatable bonds is 4. The van der Waals surface area contributed by atoms with E-state index in [1.807, 2.05) is 50.3 Å². The Kier molecular flexibility index (Phi) is 3.87. The van der Waals surface area contributed by atoms with E-state index in [9.17, 15) is 5.11 Å². The van der Waals surface area contributed by atoms with Crippen molar-refractivity contribution in [2.24, 2.45) is 5.41 Å². The van der Waals surface area contributed by atoms with Gasteiger partial charge in [-0.25, -0.2) is 0 Å². The highest BCUT2D eigenvalue weighted by molar-refractivity contribution is 5.49. The Labute approximate surface area is 91.8 Å². The van der Waals surface area contributed by atoms with Gasteiger partial charge in [-0.1, -0.05) is 62.4 Å². The molecule has 1 nitrogen and oxygen atoms in total. The van der Waals surface area contributed by atoms with Crippen LogP contribution in [0.4, 0.5) is 0 Å². The maximum Gasteiger partial charge on any atom is 0.0809 e. The van der Waals surface area contributed by atoms with Gasteiger partial charge in [0, 0.05) is 5.41 Å². The van der Waals surface area contributed by atoms with Crippen LogP contribution in [0.5, 0.6) is 0 Å². The molecule has 0 aliphatic rings. The number of hydrogen-bond donors (Lipinski definition) is 1. The normalized spacial score (nSPS) is 14.1. The van der Waals surface area contributed by atoms with Gasteiger partial charge in [-0.15, -0.1) is 6.58 Å². The SMILES string of the molecule is C=CC(C)(C)[C@H](O)/C=C/c1ccccc1. The summed E-state index contributed by atoms with van der Waals surface area (Å²) < 4.78 is 0. The number of aliphatic hydroxyl groups is 1. The summed E-state index contributed by atoms with van der Waals surface area (Å²) in [6, 6.07) is 9.94. The van der Waals surface area contributed by atoms with Crippen LogP contribution in [-0.2, 0) is 0 Å². The summed E-state index contributed by atoms with van der Waals surface area (Å²) in [5.41, 5.74) is 0.807. The molecule has 0 aliphatic carbocycles. The standard InChI is InChI=1S/C14H18O/c1-4-14(2,3)13(15)11-10-12-8-6-5-7-9-12/h4-11,13,15H,1H2,2-3H3/b11-10+/t13-/m1/s1. The molecule has 1 heteroatoms. The van der Waals surface area contributed by atoms with Crippen LogP contribution in [-0.4, -0.2) is 11.2 Å². The minimum Gasteiger partial charge on any atom is -0.388 e. The van der Waals surface area contributed by atoms with Crippen LogP contribution in [0.25, 0.3) is 6.08 Å². The highest BCUT2D eigenvalue weighted by Gasteiger charge is 2.21. The molecular weight excluding hydrogens is 184 g/mol. The van der Waals surface area contributed by atoms with Gasteiger partial charge in [-0.3, -0.25) is 0 Å². The van der Waals surface area contributed by atoms with Crippen molar-refractivity contribution in [3.8, 4) is 0 Å². The maximum atomic E-state index is 9.88. The second-order valence-electron chi connectivity index (χ2n) is 4.24. The molecule has 1 rings (SSSR count). The second-order valence-corrected chi connectivity index (χ2v) is 4.24. The molecule has 80 valence electrons. The molecule has 0 aliphatic heterocycles. The zero-order valence-corrected chi connectivity index (χ0v) is 9.35. The first-order valence-corrected chi connectivity index (χ1v) is 5.11. The van der Waals surface area contributed by atoms with Crippen LogP contribution in [0.15, 0.2) is 49.1 Å². The van der Waals surface area contributed by atoms with Crippen LogP contribution in [0.3, 0.4) is 0 Å². The molecule has 0 radical (unpaired) electrons. The van der Waals surface area contributed by atoms with Crippen molar-refractivity contribution in [1.29, 1.82) is 0 Å². The van der Waals surface area contributed by atoms with E-state index in [4.69, 9.17) is 0 Å². The molecule has 0 spiro atoms. The minimum absolute atomic E-state index is 0.286. The summed E-state index contributed by atoms with van der Waals surface area (Å²) in [7, 11) is 0. The van der Waals surface area contributed by atoms with Gasteiger partial charge in [0.2, 0.25) is 0 Å². The van der Waals surface area contributed by atoms with Gasteiger partial charge in [0.1, 0.15) is 0 Å². The Morgan fingerprint density at radius 2 is 1.87 bits per heavy atom. The molecule has 1 N–H and O–H groups in total. The smallest absolute Gasteiger partial charge is 0.0809 e. The first-order chi connectivity index (χ1) is 7.06. The molecule has 0 unspecified atom stereocenters. The topological polar surface area (TPSA) is 20.2 Å². The van der Waals surface area contributed by atoms with E-state index in [1.165, 1.54) is 0 Å². The number of aliphatic hydroxyl groups excluding tert-OH is 1. The third-order valence-corrected chi connectivity index (χ3v) is 2.56. The second kappa shape index (κ2) is 4.94. The molecule has 15 heavy (non-hydrogen) atoms. The fourth-order valence-electron chi connectivity index (χ4n) is 1.14. The van der Waals surface area contributed by atoms with Crippen molar-refractivity contribution in [2.45, 2.75) is 20.0 Å². The Morgan fingerprint density at radius 3 is 2.40 bits per heavy atom. The van der Waals surface area contributed by atoms with E-state index in [1.54, 1.807) is 12.2 Å². The summed E-state index contributed by atoms with van der Waals surface area (Å²) >= 11 is 0. The molecule has 0 heterocycles. The minimum atomic E-state index is -0.504. The lowest BCUT2D eigenvalue weighted by atomic mass is 9.86. The van der Waals surface area contributed by atoms with E-state index in [0.717, 1.165) is 5.56 Å². The number of hydrogen-bond acceptors (Lipinski definition) is 1. The van der Waals surface area contributed by atoms with E-state index < -0.39 is 6.10 Å². The molecule has 0 saturated carbocycles. The van der Waals surface area contributed by atoms with Crippen molar-refractivity contribution in [2.75, 3.05) is 0 Å². The summed E-state index contributed by atoms with van der Waals surface area (Å²) in [6.45, 7) is 7.63. The van der Waals surface area contributed by atoms with Gasteiger partial charge >= 0.3 is 0 Å². The monoisotopic (exact) mass is 202 g/mol. The van der Waals surface area contributed by atoms with Gasteiger partial charge < -0.3 is 5.11 Å². The lowest BCUT2D eigenvalue weighted by molar-refractivity contribution is 0.127. The average Bonchev–Trinajstić information content (AvgIpc) is 2.27. The lowest BCUT2D eigenvalue weighted by Crippen LogP contribution is -2.24. The highest BCUT2D eigenvalue weighted by atomic mass is 16.3. The van der Waals surface area contributed by atoms with E-state index in [0.29, 0.717) is 0 Å². The van der Waals surface area contributed by atoms with Crippen LogP contribution >= 0.6 is 0 Å². The third kappa shape index (κ3) is 3.37. The fourth-order valence-corrected chi connectivity index (χ4v) is 1.14. The van der Waals surface area contributed by atoms with Crippen LogP contribution in [0, 0.1) is 5.41 Å². The molecule has 1 aromatic carbocycles. The van der Waals surface area contributed by atoms with Crippen molar-refractivity contribution in [3.05, 3.63) is 54.6 Å². The molecule has 0 saturated heterocycles. The predicted molar refractivity (Wildman–Crippen MR) is 65.5 cm³/mol. The maximum absolute atomic E-state index is 9.88. The lowest BCUT2D eigenvalue weighted by Gasteiger charge is -2.23. The van der Waals surface area contributed by atoms with Gasteiger partial charge in [-0.2, -0.15) is 0 Å². The number of benzene rings is 1. The zero-order chi connectivity index (χ0) is 11.3. The third-order valence-electron chi connectivity index (χ3n) is 2.56. The molecule has 0 aromatic heterocycles. The zero-order valence-electron chi connectivity index (χ0n) is 9.35. The predicted octanol–water partition coefficient (Wildman–Crippen LogP) is 3.27. The summed E-state index contributed by atoms with van der Waals surface area (Å²) in [4.78, 5) is 0. The van der Waals surface area contributed by atoms with E-state index in [-0.39, 0.29) is 5.41 Å². The van der Waals surface area contributed by atoms with Crippen molar-refractivity contribution < 1.29 is 5.11 Å². The van der Waals surface area contributed by atoms with Crippen molar-refractivity contribution in [3.63, 3.8) is 0 Å². The van der Waals surface area contributed by atoms with Crippen LogP contribution in [0.1, 0.15) is 19.4 Å². The molecular formula is C14H18O. The first kappa shape index (κ1) is 11.7. The molecule has 1 aromatic rings. The molecule has 0 fully saturated rings. The highest BCUT2D eigenvalue weighted by Crippen LogP contribution is 2.23. The van der Waals surface area contributed by atoms with Gasteiger partial charge in [0.15, 0.2) is 0 Å². The molecule has 0 bridgehead atoms.